The lowest BCUT2D eigenvalue weighted by molar-refractivity contribution is -0.384. The largest absolute Gasteiger partial charge is 0.362 e. The average molecular weight is 426 g/mol. The Morgan fingerprint density at radius 2 is 1.92 bits per heavy atom. The van der Waals surface area contributed by atoms with Crippen molar-refractivity contribution in [1.29, 1.82) is 0 Å². The Morgan fingerprint density at radius 3 is 2.56 bits per heavy atom. The summed E-state index contributed by atoms with van der Waals surface area (Å²) in [4.78, 5) is 31.0. The van der Waals surface area contributed by atoms with E-state index in [1.165, 1.54) is 12.3 Å². The molecule has 2 aromatic rings. The summed E-state index contributed by atoms with van der Waals surface area (Å²) in [6.07, 6.45) is 3.15. The molecule has 1 aliphatic heterocycles. The second-order valence-corrected chi connectivity index (χ2v) is 6.91. The molecular formula is C16H14BrClN4O3. The Balaban J connectivity index is 1.72. The summed E-state index contributed by atoms with van der Waals surface area (Å²) in [5.74, 6) is -0.0981. The van der Waals surface area contributed by atoms with Gasteiger partial charge in [0, 0.05) is 54.1 Å². The van der Waals surface area contributed by atoms with E-state index in [0.717, 1.165) is 4.47 Å². The predicted molar refractivity (Wildman–Crippen MR) is 98.2 cm³/mol. The first kappa shape index (κ1) is 17.6. The number of hydrogen-bond acceptors (Lipinski definition) is 5. The van der Waals surface area contributed by atoms with Crippen LogP contribution in [0.4, 0.5) is 11.4 Å². The van der Waals surface area contributed by atoms with Gasteiger partial charge in [0.05, 0.1) is 10.5 Å². The quantitative estimate of drug-likeness (QED) is 0.556. The Morgan fingerprint density at radius 1 is 1.20 bits per heavy atom. The van der Waals surface area contributed by atoms with Crippen molar-refractivity contribution >= 4 is 44.8 Å². The predicted octanol–water partition coefficient (Wildman–Crippen LogP) is 3.37. The molecule has 1 saturated heterocycles. The second-order valence-electron chi connectivity index (χ2n) is 5.56. The van der Waals surface area contributed by atoms with E-state index in [9.17, 15) is 14.9 Å². The number of amides is 1. The summed E-state index contributed by atoms with van der Waals surface area (Å²) in [5.41, 5.74) is 1.01. The van der Waals surface area contributed by atoms with E-state index in [0.29, 0.717) is 42.5 Å². The third-order valence-corrected chi connectivity index (χ3v) is 4.66. The van der Waals surface area contributed by atoms with Crippen LogP contribution in [0.3, 0.4) is 0 Å². The van der Waals surface area contributed by atoms with Crippen LogP contribution in [-0.4, -0.2) is 46.9 Å². The molecule has 1 aromatic heterocycles. The highest BCUT2D eigenvalue weighted by Gasteiger charge is 2.26. The third-order valence-electron chi connectivity index (χ3n) is 3.99. The van der Waals surface area contributed by atoms with Gasteiger partial charge in [-0.3, -0.25) is 19.9 Å². The summed E-state index contributed by atoms with van der Waals surface area (Å²) in [5, 5.41) is 11.6. The summed E-state index contributed by atoms with van der Waals surface area (Å²) < 4.78 is 0.744. The first-order valence-corrected chi connectivity index (χ1v) is 8.71. The topological polar surface area (TPSA) is 79.6 Å². The van der Waals surface area contributed by atoms with Gasteiger partial charge in [-0.2, -0.15) is 0 Å². The lowest BCUT2D eigenvalue weighted by Crippen LogP contribution is -2.49. The molecule has 3 rings (SSSR count). The first-order chi connectivity index (χ1) is 12.0. The number of hydrogen-bond donors (Lipinski definition) is 0. The van der Waals surface area contributed by atoms with Crippen molar-refractivity contribution in [2.24, 2.45) is 0 Å². The average Bonchev–Trinajstić information content (AvgIpc) is 2.61. The van der Waals surface area contributed by atoms with Gasteiger partial charge in [-0.15, -0.1) is 0 Å². The summed E-state index contributed by atoms with van der Waals surface area (Å²) in [6.45, 7) is 1.97. The van der Waals surface area contributed by atoms with Gasteiger partial charge in [0.25, 0.3) is 11.6 Å². The summed E-state index contributed by atoms with van der Waals surface area (Å²) >= 11 is 9.17. The number of rotatable bonds is 3. The van der Waals surface area contributed by atoms with Crippen LogP contribution in [0.25, 0.3) is 0 Å². The number of benzene rings is 1. The van der Waals surface area contributed by atoms with Gasteiger partial charge in [-0.05, 0) is 34.1 Å². The smallest absolute Gasteiger partial charge is 0.294 e. The number of nitro groups is 1. The van der Waals surface area contributed by atoms with Crippen molar-refractivity contribution in [3.63, 3.8) is 0 Å². The van der Waals surface area contributed by atoms with Crippen LogP contribution in [0.5, 0.6) is 0 Å². The molecule has 2 heterocycles. The van der Waals surface area contributed by atoms with E-state index < -0.39 is 4.92 Å². The molecule has 25 heavy (non-hydrogen) atoms. The van der Waals surface area contributed by atoms with Gasteiger partial charge in [-0.25, -0.2) is 0 Å². The second kappa shape index (κ2) is 7.37. The van der Waals surface area contributed by atoms with E-state index in [1.54, 1.807) is 29.3 Å². The van der Waals surface area contributed by atoms with Crippen molar-refractivity contribution in [2.75, 3.05) is 31.1 Å². The zero-order valence-electron chi connectivity index (χ0n) is 13.1. The number of anilines is 1. The molecule has 0 unspecified atom stereocenters. The van der Waals surface area contributed by atoms with E-state index in [-0.39, 0.29) is 11.6 Å². The molecular weight excluding hydrogens is 412 g/mol. The maximum absolute atomic E-state index is 12.5. The fourth-order valence-corrected chi connectivity index (χ4v) is 3.30. The monoisotopic (exact) mass is 424 g/mol. The Bertz CT molecular complexity index is 825. The first-order valence-electron chi connectivity index (χ1n) is 7.54. The van der Waals surface area contributed by atoms with Crippen LogP contribution in [-0.2, 0) is 0 Å². The van der Waals surface area contributed by atoms with Gasteiger partial charge >= 0.3 is 0 Å². The van der Waals surface area contributed by atoms with Crippen molar-refractivity contribution in [3.05, 3.63) is 61.8 Å². The van der Waals surface area contributed by atoms with Gasteiger partial charge in [-0.1, -0.05) is 11.6 Å². The molecule has 1 amide bonds. The molecule has 0 atom stereocenters. The highest BCUT2D eigenvalue weighted by atomic mass is 79.9. The maximum atomic E-state index is 12.5. The van der Waals surface area contributed by atoms with Crippen molar-refractivity contribution < 1.29 is 9.72 Å². The van der Waals surface area contributed by atoms with Gasteiger partial charge in [0.15, 0.2) is 0 Å². The molecule has 0 bridgehead atoms. The van der Waals surface area contributed by atoms with Gasteiger partial charge < -0.3 is 9.80 Å². The normalized spacial score (nSPS) is 14.5. The highest BCUT2D eigenvalue weighted by molar-refractivity contribution is 9.10. The molecule has 7 nitrogen and oxygen atoms in total. The molecule has 1 fully saturated rings. The number of pyridine rings is 1. The van der Waals surface area contributed by atoms with Crippen molar-refractivity contribution in [1.82, 2.24) is 9.88 Å². The van der Waals surface area contributed by atoms with Crippen molar-refractivity contribution in [3.8, 4) is 0 Å². The number of nitro benzene ring substituents is 1. The molecule has 0 N–H and O–H groups in total. The molecule has 0 radical (unpaired) electrons. The van der Waals surface area contributed by atoms with Crippen LogP contribution >= 0.6 is 27.5 Å². The number of carbonyl (C=O) groups is 1. The molecule has 0 spiro atoms. The number of halogens is 2. The van der Waals surface area contributed by atoms with Crippen LogP contribution < -0.4 is 4.90 Å². The maximum Gasteiger partial charge on any atom is 0.294 e. The lowest BCUT2D eigenvalue weighted by atomic mass is 10.2. The fourth-order valence-electron chi connectivity index (χ4n) is 2.77. The van der Waals surface area contributed by atoms with Crippen LogP contribution in [0.2, 0.25) is 5.02 Å². The molecule has 130 valence electrons. The molecule has 0 aliphatic carbocycles. The zero-order valence-corrected chi connectivity index (χ0v) is 15.4. The highest BCUT2D eigenvalue weighted by Crippen LogP contribution is 2.31. The third kappa shape index (κ3) is 3.91. The zero-order chi connectivity index (χ0) is 18.0. The summed E-state index contributed by atoms with van der Waals surface area (Å²) in [7, 11) is 0. The molecule has 9 heteroatoms. The van der Waals surface area contributed by atoms with Crippen LogP contribution in [0.15, 0.2) is 41.1 Å². The fraction of sp³-hybridized carbons (Fsp3) is 0.250. The minimum absolute atomic E-state index is 0.0246. The Kier molecular flexibility index (Phi) is 5.19. The Labute approximate surface area is 157 Å². The van der Waals surface area contributed by atoms with E-state index in [4.69, 9.17) is 11.6 Å². The number of nitrogens with zero attached hydrogens (tertiary/aromatic N) is 4. The van der Waals surface area contributed by atoms with E-state index in [1.807, 2.05) is 4.90 Å². The summed E-state index contributed by atoms with van der Waals surface area (Å²) in [6, 6.07) is 6.36. The minimum Gasteiger partial charge on any atom is -0.362 e. The van der Waals surface area contributed by atoms with Crippen LogP contribution in [0.1, 0.15) is 10.4 Å². The standard InChI is InChI=1S/C16H14BrClN4O3/c17-12-7-11(9-19-10-12)16(23)21-5-3-20(4-6-21)14-2-1-13(18)8-15(14)22(24)25/h1-2,7-10H,3-6H2. The van der Waals surface area contributed by atoms with Crippen LogP contribution in [0, 0.1) is 10.1 Å². The number of piperazine rings is 1. The minimum atomic E-state index is -0.439. The lowest BCUT2D eigenvalue weighted by Gasteiger charge is -2.35. The van der Waals surface area contributed by atoms with E-state index >= 15 is 0 Å². The SMILES string of the molecule is O=C(c1cncc(Br)c1)N1CCN(c2ccc(Cl)cc2[N+](=O)[O-])CC1. The number of aromatic nitrogens is 1. The molecule has 1 aliphatic rings. The van der Waals surface area contributed by atoms with E-state index in [2.05, 4.69) is 20.9 Å². The van der Waals surface area contributed by atoms with Crippen molar-refractivity contribution in [2.45, 2.75) is 0 Å². The number of carbonyl (C=O) groups excluding carboxylic acids is 1. The molecule has 0 saturated carbocycles. The molecule has 1 aromatic carbocycles. The van der Waals surface area contributed by atoms with Gasteiger partial charge in [0.1, 0.15) is 5.69 Å². The Hall–Kier alpha value is -2.19. The van der Waals surface area contributed by atoms with Gasteiger partial charge in [0.2, 0.25) is 0 Å².